The third-order valence-electron chi connectivity index (χ3n) is 3.80. The lowest BCUT2D eigenvalue weighted by Gasteiger charge is -2.31. The van der Waals surface area contributed by atoms with Crippen LogP contribution in [0, 0.1) is 12.8 Å². The third-order valence-corrected chi connectivity index (χ3v) is 4.66. The number of rotatable bonds is 5. The Morgan fingerprint density at radius 3 is 3.00 bits per heavy atom. The maximum absolute atomic E-state index is 13.6. The van der Waals surface area contributed by atoms with Crippen molar-refractivity contribution in [2.24, 2.45) is 5.92 Å². The number of alkyl halides is 2. The van der Waals surface area contributed by atoms with Crippen molar-refractivity contribution in [1.29, 1.82) is 0 Å². The maximum atomic E-state index is 13.6. The van der Waals surface area contributed by atoms with Crippen molar-refractivity contribution in [3.63, 3.8) is 0 Å². The number of ether oxygens (including phenoxy) is 1. The van der Waals surface area contributed by atoms with Gasteiger partial charge in [0, 0.05) is 16.0 Å². The summed E-state index contributed by atoms with van der Waals surface area (Å²) in [4.78, 5) is 0. The van der Waals surface area contributed by atoms with Gasteiger partial charge >= 0.3 is 0 Å². The van der Waals surface area contributed by atoms with Gasteiger partial charge in [-0.15, -0.1) is 0 Å². The Balaban J connectivity index is 1.77. The molecule has 1 saturated heterocycles. The van der Waals surface area contributed by atoms with E-state index < -0.39 is 11.8 Å². The Morgan fingerprint density at radius 2 is 2.25 bits per heavy atom. The topological polar surface area (TPSA) is 21.3 Å². The minimum atomic E-state index is -2.58. The summed E-state index contributed by atoms with van der Waals surface area (Å²) in [6.07, 6.45) is 1.72. The number of piperidine rings is 1. The highest BCUT2D eigenvalue weighted by Crippen LogP contribution is 2.33. The summed E-state index contributed by atoms with van der Waals surface area (Å²) in [5, 5.41) is 2.75. The molecule has 2 nitrogen and oxygen atoms in total. The molecule has 0 aliphatic carbocycles. The fraction of sp³-hybridized carbons (Fsp3) is 0.600. The quantitative estimate of drug-likeness (QED) is 0.807. The minimum Gasteiger partial charge on any atom is -0.493 e. The van der Waals surface area contributed by atoms with E-state index in [0.29, 0.717) is 32.4 Å². The van der Waals surface area contributed by atoms with Crippen molar-refractivity contribution in [2.45, 2.75) is 32.1 Å². The van der Waals surface area contributed by atoms with E-state index in [9.17, 15) is 8.78 Å². The van der Waals surface area contributed by atoms with Crippen LogP contribution >= 0.6 is 15.9 Å². The predicted molar refractivity (Wildman–Crippen MR) is 79.5 cm³/mol. The second kappa shape index (κ2) is 6.85. The lowest BCUT2D eigenvalue weighted by molar-refractivity contribution is -0.0770. The summed E-state index contributed by atoms with van der Waals surface area (Å²) in [6, 6.07) is 5.77. The van der Waals surface area contributed by atoms with E-state index in [1.807, 2.05) is 25.1 Å². The van der Waals surface area contributed by atoms with Gasteiger partial charge < -0.3 is 10.1 Å². The molecule has 1 aliphatic rings. The van der Waals surface area contributed by atoms with Crippen molar-refractivity contribution in [1.82, 2.24) is 5.32 Å². The first-order chi connectivity index (χ1) is 9.50. The van der Waals surface area contributed by atoms with Crippen molar-refractivity contribution in [3.8, 4) is 5.75 Å². The second-order valence-corrected chi connectivity index (χ2v) is 6.13. The average molecular weight is 348 g/mol. The van der Waals surface area contributed by atoms with Gasteiger partial charge in [0.25, 0.3) is 5.92 Å². The monoisotopic (exact) mass is 347 g/mol. The van der Waals surface area contributed by atoms with E-state index in [1.165, 1.54) is 0 Å². The molecule has 0 unspecified atom stereocenters. The highest BCUT2D eigenvalue weighted by atomic mass is 79.9. The van der Waals surface area contributed by atoms with E-state index >= 15 is 0 Å². The first kappa shape index (κ1) is 15.7. The molecule has 0 bridgehead atoms. The van der Waals surface area contributed by atoms with Crippen LogP contribution in [0.3, 0.4) is 0 Å². The molecule has 2 rings (SSSR count). The molecule has 1 aliphatic heterocycles. The highest BCUT2D eigenvalue weighted by molar-refractivity contribution is 9.10. The molecule has 1 aromatic carbocycles. The minimum absolute atomic E-state index is 0.191. The van der Waals surface area contributed by atoms with Crippen molar-refractivity contribution in [2.75, 3.05) is 19.7 Å². The molecular weight excluding hydrogens is 328 g/mol. The second-order valence-electron chi connectivity index (χ2n) is 5.28. The number of halogens is 3. The largest absolute Gasteiger partial charge is 0.493 e. The lowest BCUT2D eigenvalue weighted by atomic mass is 9.90. The van der Waals surface area contributed by atoms with Gasteiger partial charge in [-0.2, -0.15) is 0 Å². The van der Waals surface area contributed by atoms with Gasteiger partial charge in [0.2, 0.25) is 0 Å². The van der Waals surface area contributed by atoms with Crippen molar-refractivity contribution < 1.29 is 13.5 Å². The Morgan fingerprint density at radius 1 is 1.45 bits per heavy atom. The zero-order chi connectivity index (χ0) is 14.6. The SMILES string of the molecule is Cc1c(Br)cccc1OCCC[C@H]1CCNCC1(F)F. The highest BCUT2D eigenvalue weighted by Gasteiger charge is 2.40. The number of nitrogens with one attached hydrogen (secondary N) is 1. The molecule has 0 aromatic heterocycles. The van der Waals surface area contributed by atoms with Crippen LogP contribution < -0.4 is 10.1 Å². The summed E-state index contributed by atoms with van der Waals surface area (Å²) < 4.78 is 33.9. The van der Waals surface area contributed by atoms with Crippen LogP contribution in [0.25, 0.3) is 0 Å². The van der Waals surface area contributed by atoms with E-state index in [2.05, 4.69) is 21.2 Å². The van der Waals surface area contributed by atoms with Gasteiger partial charge in [-0.3, -0.25) is 0 Å². The molecule has 1 fully saturated rings. The van der Waals surface area contributed by atoms with Gasteiger partial charge in [-0.25, -0.2) is 8.78 Å². The van der Waals surface area contributed by atoms with Crippen LogP contribution in [-0.2, 0) is 0 Å². The summed E-state index contributed by atoms with van der Waals surface area (Å²) in [5.41, 5.74) is 1.04. The molecule has 20 heavy (non-hydrogen) atoms. The Bertz CT molecular complexity index is 453. The standard InChI is InChI=1S/C15H20BrF2NO/c1-11-13(16)5-2-6-14(11)20-9-3-4-12-7-8-19-10-15(12,17)18/h2,5-6,12,19H,3-4,7-10H2,1H3/t12-/m0/s1. The Kier molecular flexibility index (Phi) is 5.38. The smallest absolute Gasteiger partial charge is 0.263 e. The van der Waals surface area contributed by atoms with Crippen LogP contribution in [0.15, 0.2) is 22.7 Å². The van der Waals surface area contributed by atoms with Crippen LogP contribution in [0.1, 0.15) is 24.8 Å². The molecule has 1 atom stereocenters. The molecule has 1 aromatic rings. The molecule has 0 radical (unpaired) electrons. The zero-order valence-electron chi connectivity index (χ0n) is 11.6. The molecule has 5 heteroatoms. The van der Waals surface area contributed by atoms with Gasteiger partial charge in [-0.05, 0) is 44.9 Å². The van der Waals surface area contributed by atoms with E-state index in [4.69, 9.17) is 4.74 Å². The molecule has 0 spiro atoms. The molecule has 1 N–H and O–H groups in total. The summed E-state index contributed by atoms with van der Waals surface area (Å²) in [5.74, 6) is -2.28. The Labute approximate surface area is 127 Å². The molecular formula is C15H20BrF2NO. The summed E-state index contributed by atoms with van der Waals surface area (Å²) >= 11 is 3.45. The summed E-state index contributed by atoms with van der Waals surface area (Å²) in [6.45, 7) is 2.95. The molecule has 112 valence electrons. The van der Waals surface area contributed by atoms with E-state index in [0.717, 1.165) is 15.8 Å². The van der Waals surface area contributed by atoms with Crippen LogP contribution in [0.2, 0.25) is 0 Å². The molecule has 1 heterocycles. The number of hydrogen-bond donors (Lipinski definition) is 1. The first-order valence-electron chi connectivity index (χ1n) is 6.97. The number of hydrogen-bond acceptors (Lipinski definition) is 2. The van der Waals surface area contributed by atoms with E-state index in [1.54, 1.807) is 0 Å². The number of benzene rings is 1. The van der Waals surface area contributed by atoms with Crippen molar-refractivity contribution >= 4 is 15.9 Å². The molecule has 0 amide bonds. The lowest BCUT2D eigenvalue weighted by Crippen LogP contribution is -2.46. The van der Waals surface area contributed by atoms with E-state index in [-0.39, 0.29) is 6.54 Å². The predicted octanol–water partition coefficient (Wildman–Crippen LogP) is 4.16. The van der Waals surface area contributed by atoms with Crippen LogP contribution in [0.4, 0.5) is 8.78 Å². The third kappa shape index (κ3) is 3.92. The average Bonchev–Trinajstić information content (AvgIpc) is 2.40. The van der Waals surface area contributed by atoms with Gasteiger partial charge in [-0.1, -0.05) is 22.0 Å². The fourth-order valence-corrected chi connectivity index (χ4v) is 2.85. The normalized spacial score (nSPS) is 21.7. The van der Waals surface area contributed by atoms with Gasteiger partial charge in [0.1, 0.15) is 5.75 Å². The van der Waals surface area contributed by atoms with Crippen LogP contribution in [-0.4, -0.2) is 25.6 Å². The summed E-state index contributed by atoms with van der Waals surface area (Å²) in [7, 11) is 0. The fourth-order valence-electron chi connectivity index (χ4n) is 2.50. The maximum Gasteiger partial charge on any atom is 0.263 e. The van der Waals surface area contributed by atoms with Crippen molar-refractivity contribution in [3.05, 3.63) is 28.2 Å². The molecule has 0 saturated carbocycles. The van der Waals surface area contributed by atoms with Crippen LogP contribution in [0.5, 0.6) is 5.75 Å². The Hall–Kier alpha value is -0.680. The first-order valence-corrected chi connectivity index (χ1v) is 7.76. The van der Waals surface area contributed by atoms with Gasteiger partial charge in [0.15, 0.2) is 0 Å². The van der Waals surface area contributed by atoms with Gasteiger partial charge in [0.05, 0.1) is 13.2 Å². The zero-order valence-corrected chi connectivity index (χ0v) is 13.2.